The third kappa shape index (κ3) is 3.85. The molecule has 0 saturated heterocycles. The molecular weight excluding hydrogens is 265 g/mol. The quantitative estimate of drug-likeness (QED) is 0.422. The number of benzene rings is 1. The van der Waals surface area contributed by atoms with E-state index in [9.17, 15) is 4.91 Å². The highest BCUT2D eigenvalue weighted by Crippen LogP contribution is 2.15. The van der Waals surface area contributed by atoms with Gasteiger partial charge in [-0.25, -0.2) is 0 Å². The number of hydrogen-bond acceptors (Lipinski definition) is 8. The molecule has 3 radical (unpaired) electrons. The molecule has 95 valence electrons. The molecule has 1 aromatic heterocycles. The Morgan fingerprint density at radius 3 is 2.53 bits per heavy atom. The number of nitrogens with zero attached hydrogens (tertiary/aromatic N) is 5. The van der Waals surface area contributed by atoms with Gasteiger partial charge < -0.3 is 11.1 Å². The third-order valence-electron chi connectivity index (χ3n) is 1.93. The smallest absolute Gasteiger partial charge is 0.282 e. The van der Waals surface area contributed by atoms with Crippen LogP contribution in [0.1, 0.15) is 0 Å². The summed E-state index contributed by atoms with van der Waals surface area (Å²) >= 11 is 0. The highest BCUT2D eigenvalue weighted by atomic mass is 27.0. The topological polar surface area (TPSA) is 130 Å². The van der Waals surface area contributed by atoms with Gasteiger partial charge in [-0.2, -0.15) is 15.0 Å². The monoisotopic (exact) mass is 274 g/mol. The normalized spacial score (nSPS) is 9.32. The molecule has 9 nitrogen and oxygen atoms in total. The van der Waals surface area contributed by atoms with Crippen LogP contribution in [0.5, 0.6) is 0 Å². The maximum absolute atomic E-state index is 10.2. The number of nitrogens with one attached hydrogen (secondary N) is 1. The number of hydrogen-bond donors (Lipinski definition) is 3. The summed E-state index contributed by atoms with van der Waals surface area (Å²) in [5.41, 5.74) is 6.14. The Hall–Kier alpha value is -2.28. The maximum atomic E-state index is 10.2. The van der Waals surface area contributed by atoms with E-state index >= 15 is 0 Å². The van der Waals surface area contributed by atoms with Crippen LogP contribution in [0.25, 0.3) is 0 Å². The van der Waals surface area contributed by atoms with Crippen LogP contribution in [-0.2, 0) is 0 Å². The van der Waals surface area contributed by atoms with Crippen molar-refractivity contribution in [2.24, 2.45) is 5.29 Å². The van der Waals surface area contributed by atoms with E-state index in [4.69, 9.17) is 10.9 Å². The fourth-order valence-corrected chi connectivity index (χ4v) is 1.21. The molecule has 4 N–H and O–H groups in total. The minimum atomic E-state index is -0.365. The maximum Gasteiger partial charge on any atom is 0.282 e. The number of nitrogens with two attached hydrogens (primary N) is 1. The van der Waals surface area contributed by atoms with Gasteiger partial charge in [0.2, 0.25) is 11.9 Å². The Balaban J connectivity index is 0.00000180. The molecule has 10 heteroatoms. The van der Waals surface area contributed by atoms with Crippen molar-refractivity contribution in [2.45, 2.75) is 0 Å². The van der Waals surface area contributed by atoms with E-state index in [1.807, 2.05) is 18.2 Å². The number of nitrogen functional groups attached to an aromatic ring is 1. The second kappa shape index (κ2) is 6.60. The Kier molecular flexibility index (Phi) is 5.14. The summed E-state index contributed by atoms with van der Waals surface area (Å²) in [6.07, 6.45) is 0. The fourth-order valence-electron chi connectivity index (χ4n) is 1.21. The van der Waals surface area contributed by atoms with Crippen LogP contribution >= 0.6 is 0 Å². The molecular formula is C9H9AlN7O2. The van der Waals surface area contributed by atoms with Gasteiger partial charge in [0.25, 0.3) is 5.95 Å². The summed E-state index contributed by atoms with van der Waals surface area (Å²) < 4.78 is 0. The molecule has 0 amide bonds. The van der Waals surface area contributed by atoms with Crippen molar-refractivity contribution in [2.75, 3.05) is 16.2 Å². The Labute approximate surface area is 118 Å². The van der Waals surface area contributed by atoms with Crippen molar-refractivity contribution in [3.8, 4) is 0 Å². The first-order chi connectivity index (χ1) is 8.69. The second-order valence-corrected chi connectivity index (χ2v) is 3.18. The molecule has 0 saturated carbocycles. The third-order valence-corrected chi connectivity index (χ3v) is 1.93. The van der Waals surface area contributed by atoms with Gasteiger partial charge in [-0.05, 0) is 12.1 Å². The Bertz CT molecular complexity index is 554. The molecule has 19 heavy (non-hydrogen) atoms. The molecule has 2 rings (SSSR count). The van der Waals surface area contributed by atoms with Gasteiger partial charge in [0, 0.05) is 23.0 Å². The van der Waals surface area contributed by atoms with Crippen LogP contribution in [0.3, 0.4) is 0 Å². The van der Waals surface area contributed by atoms with E-state index in [0.717, 1.165) is 5.69 Å². The Morgan fingerprint density at radius 2 is 1.89 bits per heavy atom. The fraction of sp³-hybridized carbons (Fsp3) is 0. The first-order valence-corrected chi connectivity index (χ1v) is 4.85. The molecule has 0 aliphatic rings. The second-order valence-electron chi connectivity index (χ2n) is 3.18. The van der Waals surface area contributed by atoms with Gasteiger partial charge in [-0.3, -0.25) is 5.21 Å². The molecule has 0 fully saturated rings. The lowest BCUT2D eigenvalue weighted by Gasteiger charge is -2.08. The summed E-state index contributed by atoms with van der Waals surface area (Å²) in [6, 6.07) is 9.06. The van der Waals surface area contributed by atoms with Crippen molar-refractivity contribution in [3.05, 3.63) is 35.2 Å². The zero-order valence-corrected chi connectivity index (χ0v) is 10.8. The van der Waals surface area contributed by atoms with Gasteiger partial charge in [-0.1, -0.05) is 23.4 Å². The number of para-hydroxylation sites is 1. The SMILES string of the molecule is Nc1nc(Nc2ccccc2)nc(N(O)N=O)n1.[Al]. The Morgan fingerprint density at radius 1 is 1.21 bits per heavy atom. The zero-order valence-electron chi connectivity index (χ0n) is 9.63. The first-order valence-electron chi connectivity index (χ1n) is 4.85. The van der Waals surface area contributed by atoms with Crippen LogP contribution in [0.2, 0.25) is 0 Å². The lowest BCUT2D eigenvalue weighted by Crippen LogP contribution is -2.15. The van der Waals surface area contributed by atoms with Gasteiger partial charge in [0.15, 0.2) is 0 Å². The molecule has 0 spiro atoms. The molecule has 0 atom stereocenters. The lowest BCUT2D eigenvalue weighted by atomic mass is 10.3. The lowest BCUT2D eigenvalue weighted by molar-refractivity contribution is 0.251. The predicted octanol–water partition coefficient (Wildman–Crippen LogP) is 0.694. The van der Waals surface area contributed by atoms with Gasteiger partial charge in [0.1, 0.15) is 0 Å². The summed E-state index contributed by atoms with van der Waals surface area (Å²) in [5.74, 6) is -0.427. The molecule has 0 aliphatic heterocycles. The van der Waals surface area contributed by atoms with Crippen molar-refractivity contribution < 1.29 is 5.21 Å². The summed E-state index contributed by atoms with van der Waals surface area (Å²) in [4.78, 5) is 21.3. The van der Waals surface area contributed by atoms with E-state index in [-0.39, 0.29) is 40.4 Å². The number of anilines is 4. The van der Waals surface area contributed by atoms with E-state index in [1.54, 1.807) is 12.1 Å². The predicted molar refractivity (Wildman–Crippen MR) is 69.8 cm³/mol. The summed E-state index contributed by atoms with van der Waals surface area (Å²) in [6.45, 7) is 0. The molecule has 0 bridgehead atoms. The standard InChI is InChI=1S/C9H9N7O2.Al/c10-7-12-8(11-6-4-2-1-3-5-6)14-9(13-7)16(18)15-17;/h1-5,18H,(H3,10,11,12,13,14);. The molecule has 1 aromatic carbocycles. The zero-order chi connectivity index (χ0) is 13.0. The van der Waals surface area contributed by atoms with Crippen molar-refractivity contribution in [1.82, 2.24) is 15.0 Å². The van der Waals surface area contributed by atoms with Gasteiger partial charge in [-0.15, -0.1) is 4.91 Å². The number of nitroso groups, excluding NO2 is 1. The molecule has 0 aliphatic carbocycles. The summed E-state index contributed by atoms with van der Waals surface area (Å²) in [5, 5.41) is 14.1. The molecule has 2 aromatic rings. The minimum Gasteiger partial charge on any atom is -0.368 e. The van der Waals surface area contributed by atoms with Crippen molar-refractivity contribution >= 4 is 40.9 Å². The van der Waals surface area contributed by atoms with Crippen molar-refractivity contribution in [1.29, 1.82) is 0 Å². The van der Waals surface area contributed by atoms with Crippen LogP contribution in [0.15, 0.2) is 35.6 Å². The largest absolute Gasteiger partial charge is 0.368 e. The average Bonchev–Trinajstić information content (AvgIpc) is 2.38. The van der Waals surface area contributed by atoms with Gasteiger partial charge >= 0.3 is 0 Å². The van der Waals surface area contributed by atoms with Crippen LogP contribution in [-0.4, -0.2) is 37.5 Å². The average molecular weight is 274 g/mol. The molecule has 0 unspecified atom stereocenters. The number of aromatic nitrogens is 3. The van der Waals surface area contributed by atoms with E-state index < -0.39 is 0 Å². The van der Waals surface area contributed by atoms with Crippen LogP contribution in [0.4, 0.5) is 23.5 Å². The highest BCUT2D eigenvalue weighted by molar-refractivity contribution is 5.75. The minimum absolute atomic E-state index is 0. The first kappa shape index (κ1) is 14.8. The van der Waals surface area contributed by atoms with E-state index in [2.05, 4.69) is 25.6 Å². The number of rotatable bonds is 4. The highest BCUT2D eigenvalue weighted by Gasteiger charge is 2.10. The van der Waals surface area contributed by atoms with Crippen LogP contribution in [0, 0.1) is 4.91 Å². The van der Waals surface area contributed by atoms with Crippen molar-refractivity contribution in [3.63, 3.8) is 0 Å². The van der Waals surface area contributed by atoms with E-state index in [1.165, 1.54) is 0 Å². The molecule has 1 heterocycles. The van der Waals surface area contributed by atoms with Crippen LogP contribution < -0.4 is 16.2 Å². The van der Waals surface area contributed by atoms with E-state index in [0.29, 0.717) is 0 Å². The van der Waals surface area contributed by atoms with Gasteiger partial charge in [0.05, 0.1) is 5.29 Å². The summed E-state index contributed by atoms with van der Waals surface area (Å²) in [7, 11) is 0.